The number of hydrogen-bond acceptors (Lipinski definition) is 3. The molecule has 0 aliphatic heterocycles. The Kier molecular flexibility index (Phi) is 11.2. The predicted octanol–water partition coefficient (Wildman–Crippen LogP) is 0.576. The second kappa shape index (κ2) is 10.2. The van der Waals surface area contributed by atoms with Gasteiger partial charge in [-0.25, -0.2) is 0 Å². The summed E-state index contributed by atoms with van der Waals surface area (Å²) >= 11 is 0. The van der Waals surface area contributed by atoms with Gasteiger partial charge >= 0.3 is 0 Å². The summed E-state index contributed by atoms with van der Waals surface area (Å²) in [6, 6.07) is 0.157. The minimum atomic E-state index is -0.489. The smallest absolute Gasteiger partial charge is 0.227 e. The second-order valence-electron chi connectivity index (χ2n) is 4.89. The Morgan fingerprint density at radius 3 is 2.42 bits per heavy atom. The van der Waals surface area contributed by atoms with Crippen LogP contribution >= 0.6 is 24.0 Å². The minimum Gasteiger partial charge on any atom is -0.383 e. The van der Waals surface area contributed by atoms with Gasteiger partial charge in [-0.15, -0.1) is 24.0 Å². The highest BCUT2D eigenvalue weighted by atomic mass is 127. The lowest BCUT2D eigenvalue weighted by atomic mass is 9.92. The molecule has 0 aliphatic rings. The van der Waals surface area contributed by atoms with Crippen LogP contribution in [0.2, 0.25) is 0 Å². The summed E-state index contributed by atoms with van der Waals surface area (Å²) in [7, 11) is 4.99. The van der Waals surface area contributed by atoms with E-state index < -0.39 is 5.41 Å². The highest BCUT2D eigenvalue weighted by Gasteiger charge is 2.26. The molecule has 0 heterocycles. The van der Waals surface area contributed by atoms with Crippen molar-refractivity contribution in [1.29, 1.82) is 0 Å². The number of amides is 1. The van der Waals surface area contributed by atoms with Crippen LogP contribution in [0.25, 0.3) is 0 Å². The molecule has 3 N–H and O–H groups in total. The van der Waals surface area contributed by atoms with Crippen molar-refractivity contribution in [3.8, 4) is 0 Å². The highest BCUT2D eigenvalue weighted by Crippen LogP contribution is 2.12. The van der Waals surface area contributed by atoms with Gasteiger partial charge in [-0.3, -0.25) is 9.79 Å². The van der Waals surface area contributed by atoms with Crippen LogP contribution in [0.1, 0.15) is 20.8 Å². The van der Waals surface area contributed by atoms with Gasteiger partial charge in [0.25, 0.3) is 0 Å². The predicted molar refractivity (Wildman–Crippen MR) is 89.1 cm³/mol. The van der Waals surface area contributed by atoms with Crippen molar-refractivity contribution in [1.82, 2.24) is 16.0 Å². The van der Waals surface area contributed by atoms with E-state index in [1.54, 1.807) is 21.2 Å². The number of hydrogen-bond donors (Lipinski definition) is 3. The lowest BCUT2D eigenvalue weighted by molar-refractivity contribution is -0.128. The van der Waals surface area contributed by atoms with Gasteiger partial charge in [-0.2, -0.15) is 0 Å². The lowest BCUT2D eigenvalue weighted by Crippen LogP contribution is -2.49. The van der Waals surface area contributed by atoms with Crippen molar-refractivity contribution in [3.63, 3.8) is 0 Å². The van der Waals surface area contributed by atoms with E-state index in [1.165, 1.54) is 0 Å². The molecule has 0 radical (unpaired) electrons. The molecule has 0 saturated carbocycles. The first-order valence-corrected chi connectivity index (χ1v) is 6.05. The first-order valence-electron chi connectivity index (χ1n) is 6.05. The van der Waals surface area contributed by atoms with Crippen LogP contribution in [-0.4, -0.2) is 52.3 Å². The third kappa shape index (κ3) is 8.25. The molecule has 1 atom stereocenters. The Balaban J connectivity index is 0. The van der Waals surface area contributed by atoms with E-state index in [4.69, 9.17) is 4.74 Å². The molecule has 6 nitrogen and oxygen atoms in total. The molecule has 19 heavy (non-hydrogen) atoms. The van der Waals surface area contributed by atoms with Gasteiger partial charge < -0.3 is 20.7 Å². The summed E-state index contributed by atoms with van der Waals surface area (Å²) in [4.78, 5) is 15.7. The lowest BCUT2D eigenvalue weighted by Gasteiger charge is -2.25. The van der Waals surface area contributed by atoms with E-state index in [0.717, 1.165) is 0 Å². The van der Waals surface area contributed by atoms with Crippen LogP contribution in [0.5, 0.6) is 0 Å². The average molecular weight is 386 g/mol. The summed E-state index contributed by atoms with van der Waals surface area (Å²) in [6.07, 6.45) is 0. The molecule has 0 aromatic rings. The number of guanidine groups is 1. The zero-order valence-electron chi connectivity index (χ0n) is 12.7. The third-order valence-corrected chi connectivity index (χ3v) is 2.56. The van der Waals surface area contributed by atoms with Crippen molar-refractivity contribution < 1.29 is 9.53 Å². The molecule has 1 amide bonds. The molecule has 0 saturated heterocycles. The van der Waals surface area contributed by atoms with Crippen LogP contribution in [0, 0.1) is 5.41 Å². The van der Waals surface area contributed by atoms with E-state index in [2.05, 4.69) is 20.9 Å². The molecule has 0 aromatic heterocycles. The normalized spacial score (nSPS) is 13.3. The number of rotatable bonds is 6. The molecule has 1 unspecified atom stereocenters. The molecule has 114 valence electrons. The first kappa shape index (κ1) is 20.7. The fourth-order valence-corrected chi connectivity index (χ4v) is 1.44. The number of nitrogens with zero attached hydrogens (tertiary/aromatic N) is 1. The number of aliphatic imine (C=N–C) groups is 1. The number of methoxy groups -OCH3 is 1. The van der Waals surface area contributed by atoms with E-state index in [-0.39, 0.29) is 35.9 Å². The van der Waals surface area contributed by atoms with Gasteiger partial charge in [0, 0.05) is 33.8 Å². The molecule has 0 aliphatic carbocycles. The van der Waals surface area contributed by atoms with Crippen LogP contribution in [0.4, 0.5) is 0 Å². The fraction of sp³-hybridized carbons (Fsp3) is 0.833. The van der Waals surface area contributed by atoms with Gasteiger partial charge in [-0.1, -0.05) is 0 Å². The van der Waals surface area contributed by atoms with Crippen molar-refractivity contribution >= 4 is 35.8 Å². The molecule has 0 rings (SSSR count). The van der Waals surface area contributed by atoms with Gasteiger partial charge in [-0.05, 0) is 20.8 Å². The van der Waals surface area contributed by atoms with E-state index in [1.807, 2.05) is 20.8 Å². The molecule has 0 bridgehead atoms. The van der Waals surface area contributed by atoms with Crippen LogP contribution in [0.15, 0.2) is 4.99 Å². The maximum Gasteiger partial charge on any atom is 0.227 e. The SMILES string of the molecule is CN=C(NCC(C)(C)C(=O)NC)NC(C)COC.I. The van der Waals surface area contributed by atoms with Gasteiger partial charge in [0.1, 0.15) is 0 Å². The van der Waals surface area contributed by atoms with Gasteiger partial charge in [0.2, 0.25) is 5.91 Å². The van der Waals surface area contributed by atoms with Crippen LogP contribution in [-0.2, 0) is 9.53 Å². The first-order chi connectivity index (χ1) is 8.37. The van der Waals surface area contributed by atoms with E-state index in [9.17, 15) is 4.79 Å². The van der Waals surface area contributed by atoms with Crippen LogP contribution in [0.3, 0.4) is 0 Å². The minimum absolute atomic E-state index is 0. The Morgan fingerprint density at radius 1 is 1.42 bits per heavy atom. The molecule has 0 spiro atoms. The van der Waals surface area contributed by atoms with Crippen molar-refractivity contribution in [2.24, 2.45) is 10.4 Å². The third-order valence-electron chi connectivity index (χ3n) is 2.56. The number of carbonyl (C=O) groups excluding carboxylic acids is 1. The van der Waals surface area contributed by atoms with Gasteiger partial charge in [0.15, 0.2) is 5.96 Å². The number of carbonyl (C=O) groups is 1. The quantitative estimate of drug-likeness (QED) is 0.355. The summed E-state index contributed by atoms with van der Waals surface area (Å²) in [5.41, 5.74) is -0.489. The average Bonchev–Trinajstić information content (AvgIpc) is 2.33. The number of ether oxygens (including phenoxy) is 1. The Hall–Kier alpha value is -0.570. The molecular formula is C12H27IN4O2. The van der Waals surface area contributed by atoms with E-state index in [0.29, 0.717) is 19.1 Å². The maximum atomic E-state index is 11.6. The number of nitrogens with one attached hydrogen (secondary N) is 3. The molecular weight excluding hydrogens is 359 g/mol. The highest BCUT2D eigenvalue weighted by molar-refractivity contribution is 14.0. The summed E-state index contributed by atoms with van der Waals surface area (Å²) in [5.74, 6) is 0.659. The fourth-order valence-electron chi connectivity index (χ4n) is 1.44. The monoisotopic (exact) mass is 386 g/mol. The Morgan fingerprint density at radius 2 is 2.00 bits per heavy atom. The molecule has 0 fully saturated rings. The van der Waals surface area contributed by atoms with Crippen molar-refractivity contribution in [3.05, 3.63) is 0 Å². The summed E-state index contributed by atoms with van der Waals surface area (Å²) < 4.78 is 5.04. The van der Waals surface area contributed by atoms with Gasteiger partial charge in [0.05, 0.1) is 12.0 Å². The second-order valence-corrected chi connectivity index (χ2v) is 4.89. The zero-order valence-corrected chi connectivity index (χ0v) is 15.0. The topological polar surface area (TPSA) is 74.8 Å². The summed E-state index contributed by atoms with van der Waals surface area (Å²) in [6.45, 7) is 6.86. The largest absolute Gasteiger partial charge is 0.383 e. The van der Waals surface area contributed by atoms with E-state index >= 15 is 0 Å². The van der Waals surface area contributed by atoms with Crippen molar-refractivity contribution in [2.75, 3.05) is 34.4 Å². The molecule has 7 heteroatoms. The van der Waals surface area contributed by atoms with Crippen molar-refractivity contribution in [2.45, 2.75) is 26.8 Å². The molecule has 0 aromatic carbocycles. The zero-order chi connectivity index (χ0) is 14.2. The number of halogens is 1. The standard InChI is InChI=1S/C12H26N4O2.HI/c1-9(7-18-6)16-11(14-5)15-8-12(2,3)10(17)13-4;/h9H,7-8H2,1-6H3,(H,13,17)(H2,14,15,16);1H. The van der Waals surface area contributed by atoms with Crippen LogP contribution < -0.4 is 16.0 Å². The Labute approximate surface area is 133 Å². The maximum absolute atomic E-state index is 11.6. The summed E-state index contributed by atoms with van der Waals surface area (Å²) in [5, 5.41) is 8.96. The Bertz CT molecular complexity index is 295.